The first-order valence-electron chi connectivity index (χ1n) is 6.96. The Hall–Kier alpha value is -1.17. The number of aliphatic hydroxyl groups is 1. The average molecular weight is 283 g/mol. The van der Waals surface area contributed by atoms with Gasteiger partial charge in [0.1, 0.15) is 24.3 Å². The van der Waals surface area contributed by atoms with Crippen molar-refractivity contribution in [3.8, 4) is 5.75 Å². The molecule has 3 atom stereocenters. The maximum absolute atomic E-state index is 12.8. The Morgan fingerprint density at radius 2 is 2.10 bits per heavy atom. The average Bonchev–Trinajstić information content (AvgIpc) is 2.42. The van der Waals surface area contributed by atoms with E-state index in [2.05, 4.69) is 11.8 Å². The first-order chi connectivity index (χ1) is 9.54. The van der Waals surface area contributed by atoms with Crippen LogP contribution in [-0.2, 0) is 4.74 Å². The molecule has 0 aromatic heterocycles. The molecule has 1 aromatic rings. The number of morpholine rings is 1. The molecule has 0 saturated carbocycles. The van der Waals surface area contributed by atoms with Crippen molar-refractivity contribution in [1.82, 2.24) is 4.90 Å². The first kappa shape index (κ1) is 15.2. The van der Waals surface area contributed by atoms with Crippen LogP contribution in [0.5, 0.6) is 5.75 Å². The van der Waals surface area contributed by atoms with E-state index >= 15 is 0 Å². The molecule has 1 saturated heterocycles. The molecule has 5 heteroatoms. The lowest BCUT2D eigenvalue weighted by Crippen LogP contribution is -2.50. The minimum Gasteiger partial charge on any atom is -0.491 e. The lowest BCUT2D eigenvalue weighted by Gasteiger charge is -2.37. The largest absolute Gasteiger partial charge is 0.491 e. The van der Waals surface area contributed by atoms with E-state index in [0.717, 1.165) is 6.54 Å². The fraction of sp³-hybridized carbons (Fsp3) is 0.600. The van der Waals surface area contributed by atoms with Gasteiger partial charge in [-0.05, 0) is 38.1 Å². The third kappa shape index (κ3) is 4.44. The van der Waals surface area contributed by atoms with Gasteiger partial charge in [-0.1, -0.05) is 0 Å². The molecule has 1 aliphatic rings. The molecule has 1 fully saturated rings. The molecule has 4 nitrogen and oxygen atoms in total. The zero-order valence-corrected chi connectivity index (χ0v) is 12.0. The molecule has 1 aliphatic heterocycles. The molecular formula is C15H22FNO3. The highest BCUT2D eigenvalue weighted by Crippen LogP contribution is 2.14. The SMILES string of the molecule is C[C@@H]1CN(C[C@H](O)COc2ccc(F)cc2)[C@@H](C)CO1. The van der Waals surface area contributed by atoms with Gasteiger partial charge in [-0.2, -0.15) is 0 Å². The standard InChI is InChI=1S/C15H22FNO3/c1-11-9-19-12(2)7-17(11)8-14(18)10-20-15-5-3-13(16)4-6-15/h3-6,11-12,14,18H,7-10H2,1-2H3/t11-,12+,14-/m0/s1. The Bertz CT molecular complexity index is 412. The van der Waals surface area contributed by atoms with Crippen molar-refractivity contribution in [3.05, 3.63) is 30.1 Å². The third-order valence-corrected chi connectivity index (χ3v) is 3.44. The van der Waals surface area contributed by atoms with Crippen LogP contribution in [0.4, 0.5) is 4.39 Å². The summed E-state index contributed by atoms with van der Waals surface area (Å²) in [5.41, 5.74) is 0. The number of hydrogen-bond donors (Lipinski definition) is 1. The molecule has 1 N–H and O–H groups in total. The van der Waals surface area contributed by atoms with Crippen molar-refractivity contribution in [2.75, 3.05) is 26.3 Å². The number of nitrogens with zero attached hydrogens (tertiary/aromatic N) is 1. The van der Waals surface area contributed by atoms with Gasteiger partial charge in [0, 0.05) is 19.1 Å². The van der Waals surface area contributed by atoms with Crippen LogP contribution in [0.15, 0.2) is 24.3 Å². The van der Waals surface area contributed by atoms with Gasteiger partial charge in [0.05, 0.1) is 12.7 Å². The maximum Gasteiger partial charge on any atom is 0.123 e. The fourth-order valence-corrected chi connectivity index (χ4v) is 2.27. The van der Waals surface area contributed by atoms with Gasteiger partial charge in [0.25, 0.3) is 0 Å². The van der Waals surface area contributed by atoms with Gasteiger partial charge in [-0.25, -0.2) is 4.39 Å². The molecule has 0 unspecified atom stereocenters. The van der Waals surface area contributed by atoms with Crippen molar-refractivity contribution in [2.24, 2.45) is 0 Å². The van der Waals surface area contributed by atoms with Crippen LogP contribution in [0.1, 0.15) is 13.8 Å². The van der Waals surface area contributed by atoms with Gasteiger partial charge in [0.2, 0.25) is 0 Å². The van der Waals surface area contributed by atoms with Crippen LogP contribution >= 0.6 is 0 Å². The zero-order valence-electron chi connectivity index (χ0n) is 12.0. The summed E-state index contributed by atoms with van der Waals surface area (Å²) >= 11 is 0. The van der Waals surface area contributed by atoms with E-state index in [-0.39, 0.29) is 18.5 Å². The van der Waals surface area contributed by atoms with E-state index in [4.69, 9.17) is 9.47 Å². The van der Waals surface area contributed by atoms with Crippen molar-refractivity contribution in [1.29, 1.82) is 0 Å². The van der Waals surface area contributed by atoms with Crippen LogP contribution < -0.4 is 4.74 Å². The maximum atomic E-state index is 12.8. The summed E-state index contributed by atoms with van der Waals surface area (Å²) in [6.45, 7) is 6.36. The molecule has 0 aliphatic carbocycles. The lowest BCUT2D eigenvalue weighted by molar-refractivity contribution is -0.0650. The molecule has 0 bridgehead atoms. The molecule has 112 valence electrons. The number of rotatable bonds is 5. The quantitative estimate of drug-likeness (QED) is 0.892. The van der Waals surface area contributed by atoms with Gasteiger partial charge in [-0.3, -0.25) is 4.90 Å². The molecule has 0 spiro atoms. The highest BCUT2D eigenvalue weighted by atomic mass is 19.1. The summed E-state index contributed by atoms with van der Waals surface area (Å²) in [6.07, 6.45) is -0.385. The Morgan fingerprint density at radius 3 is 2.80 bits per heavy atom. The molecule has 1 aromatic carbocycles. The Kier molecular flexibility index (Phi) is 5.34. The van der Waals surface area contributed by atoms with E-state index in [1.165, 1.54) is 12.1 Å². The minimum absolute atomic E-state index is 0.191. The summed E-state index contributed by atoms with van der Waals surface area (Å²) in [4.78, 5) is 2.20. The van der Waals surface area contributed by atoms with Crippen molar-refractivity contribution >= 4 is 0 Å². The van der Waals surface area contributed by atoms with E-state index < -0.39 is 6.10 Å². The van der Waals surface area contributed by atoms with Crippen LogP contribution in [-0.4, -0.2) is 54.6 Å². The molecule has 0 radical (unpaired) electrons. The minimum atomic E-state index is -0.576. The van der Waals surface area contributed by atoms with Crippen LogP contribution in [0, 0.1) is 5.82 Å². The van der Waals surface area contributed by atoms with E-state index in [1.807, 2.05) is 6.92 Å². The van der Waals surface area contributed by atoms with Crippen molar-refractivity contribution in [3.63, 3.8) is 0 Å². The van der Waals surface area contributed by atoms with Crippen LogP contribution in [0.3, 0.4) is 0 Å². The van der Waals surface area contributed by atoms with Crippen LogP contribution in [0.25, 0.3) is 0 Å². The Balaban J connectivity index is 1.77. The molecule has 0 amide bonds. The predicted molar refractivity (Wildman–Crippen MR) is 74.4 cm³/mol. The fourth-order valence-electron chi connectivity index (χ4n) is 2.27. The second-order valence-electron chi connectivity index (χ2n) is 5.37. The number of hydrogen-bond acceptors (Lipinski definition) is 4. The molecule has 20 heavy (non-hydrogen) atoms. The lowest BCUT2D eigenvalue weighted by atomic mass is 10.2. The van der Waals surface area contributed by atoms with Gasteiger partial charge in [-0.15, -0.1) is 0 Å². The third-order valence-electron chi connectivity index (χ3n) is 3.44. The number of benzene rings is 1. The molecule has 1 heterocycles. The summed E-state index contributed by atoms with van der Waals surface area (Å²) in [7, 11) is 0. The summed E-state index contributed by atoms with van der Waals surface area (Å²) < 4.78 is 23.8. The number of aliphatic hydroxyl groups excluding tert-OH is 1. The summed E-state index contributed by atoms with van der Waals surface area (Å²) in [6, 6.07) is 6.09. The van der Waals surface area contributed by atoms with E-state index in [0.29, 0.717) is 24.9 Å². The topological polar surface area (TPSA) is 41.9 Å². The van der Waals surface area contributed by atoms with E-state index in [9.17, 15) is 9.50 Å². The Labute approximate surface area is 119 Å². The summed E-state index contributed by atoms with van der Waals surface area (Å²) in [5, 5.41) is 10.0. The predicted octanol–water partition coefficient (Wildman–Crippen LogP) is 1.67. The monoisotopic (exact) mass is 283 g/mol. The number of halogens is 1. The highest BCUT2D eigenvalue weighted by molar-refractivity contribution is 5.22. The van der Waals surface area contributed by atoms with E-state index in [1.54, 1.807) is 12.1 Å². The van der Waals surface area contributed by atoms with Crippen molar-refractivity contribution in [2.45, 2.75) is 32.1 Å². The smallest absolute Gasteiger partial charge is 0.123 e. The normalized spacial score (nSPS) is 25.4. The van der Waals surface area contributed by atoms with Gasteiger partial charge in [0.15, 0.2) is 0 Å². The molecular weight excluding hydrogens is 261 g/mol. The summed E-state index contributed by atoms with van der Waals surface area (Å²) in [5.74, 6) is 0.267. The van der Waals surface area contributed by atoms with Crippen molar-refractivity contribution < 1.29 is 19.0 Å². The zero-order chi connectivity index (χ0) is 14.5. The number of β-amino-alcohol motifs (C(OH)–C–C–N with tert-alkyl or cyclic N) is 1. The number of ether oxygens (including phenoxy) is 2. The van der Waals surface area contributed by atoms with Gasteiger partial charge >= 0.3 is 0 Å². The first-order valence-corrected chi connectivity index (χ1v) is 6.96. The highest BCUT2D eigenvalue weighted by Gasteiger charge is 2.25. The van der Waals surface area contributed by atoms with Gasteiger partial charge < -0.3 is 14.6 Å². The van der Waals surface area contributed by atoms with Crippen LogP contribution in [0.2, 0.25) is 0 Å². The second kappa shape index (κ2) is 7.02. The Morgan fingerprint density at radius 1 is 1.40 bits per heavy atom. The molecule has 2 rings (SSSR count). The second-order valence-corrected chi connectivity index (χ2v) is 5.37.